The number of methoxy groups -OCH3 is 1. The normalized spacial score (nSPS) is 27.9. The molecule has 2 amide bonds. The lowest BCUT2D eigenvalue weighted by Gasteiger charge is -2.32. The number of benzene rings is 1. The van der Waals surface area contributed by atoms with Crippen molar-refractivity contribution in [1.29, 1.82) is 0 Å². The van der Waals surface area contributed by atoms with Crippen LogP contribution < -0.4 is 4.74 Å². The van der Waals surface area contributed by atoms with Gasteiger partial charge < -0.3 is 19.3 Å². The van der Waals surface area contributed by atoms with Crippen LogP contribution in [0.15, 0.2) is 42.6 Å². The maximum Gasteiger partial charge on any atom is 0.258 e. The summed E-state index contributed by atoms with van der Waals surface area (Å²) in [5, 5.41) is 0. The molecule has 1 aromatic heterocycles. The fourth-order valence-corrected chi connectivity index (χ4v) is 4.94. The second-order valence-electron chi connectivity index (χ2n) is 7.86. The molecule has 3 fully saturated rings. The molecule has 3 saturated heterocycles. The summed E-state index contributed by atoms with van der Waals surface area (Å²) < 4.78 is 11.9. The number of ether oxygens (including phenoxy) is 2. The first-order valence-electron chi connectivity index (χ1n) is 9.88. The average molecular weight is 393 g/mol. The summed E-state index contributed by atoms with van der Waals surface area (Å²) in [7, 11) is 1.53. The molecule has 5 rings (SSSR count). The molecule has 7 heteroatoms. The van der Waals surface area contributed by atoms with Crippen LogP contribution in [0.1, 0.15) is 40.6 Å². The second kappa shape index (κ2) is 6.56. The van der Waals surface area contributed by atoms with Gasteiger partial charge in [-0.3, -0.25) is 14.6 Å². The molecule has 0 unspecified atom stereocenters. The summed E-state index contributed by atoms with van der Waals surface area (Å²) >= 11 is 0. The number of nitrogens with zero attached hydrogens (tertiary/aromatic N) is 3. The van der Waals surface area contributed by atoms with E-state index in [1.54, 1.807) is 17.2 Å². The largest absolute Gasteiger partial charge is 0.494 e. The summed E-state index contributed by atoms with van der Waals surface area (Å²) in [6.07, 6.45) is 2.30. The number of pyridine rings is 1. The zero-order chi connectivity index (χ0) is 20.2. The quantitative estimate of drug-likeness (QED) is 0.800. The highest BCUT2D eigenvalue weighted by Crippen LogP contribution is 2.51. The zero-order valence-electron chi connectivity index (χ0n) is 16.5. The van der Waals surface area contributed by atoms with Crippen molar-refractivity contribution in [1.82, 2.24) is 14.8 Å². The second-order valence-corrected chi connectivity index (χ2v) is 7.86. The molecule has 150 valence electrons. The maximum absolute atomic E-state index is 13.4. The number of hydrogen-bond donors (Lipinski definition) is 0. The number of likely N-dealkylation sites (tertiary alicyclic amines) is 1. The van der Waals surface area contributed by atoms with Crippen molar-refractivity contribution in [2.45, 2.75) is 37.6 Å². The Hall–Kier alpha value is -2.93. The molecule has 0 bridgehead atoms. The van der Waals surface area contributed by atoms with Crippen LogP contribution in [-0.4, -0.2) is 58.6 Å². The van der Waals surface area contributed by atoms with E-state index in [1.165, 1.54) is 7.11 Å². The van der Waals surface area contributed by atoms with Gasteiger partial charge in [0.25, 0.3) is 5.91 Å². The third-order valence-corrected chi connectivity index (χ3v) is 6.32. The van der Waals surface area contributed by atoms with Gasteiger partial charge >= 0.3 is 0 Å². The summed E-state index contributed by atoms with van der Waals surface area (Å²) in [5.41, 5.74) is 1.54. The highest BCUT2D eigenvalue weighted by Gasteiger charge is 2.65. The summed E-state index contributed by atoms with van der Waals surface area (Å²) in [6.45, 7) is 2.91. The van der Waals surface area contributed by atoms with E-state index < -0.39 is 5.72 Å². The molecule has 1 aromatic carbocycles. The lowest BCUT2D eigenvalue weighted by Crippen LogP contribution is -2.48. The van der Waals surface area contributed by atoms with E-state index in [0.29, 0.717) is 37.2 Å². The van der Waals surface area contributed by atoms with Gasteiger partial charge in [0.1, 0.15) is 11.9 Å². The molecule has 3 aliphatic rings. The molecular weight excluding hydrogens is 370 g/mol. The summed E-state index contributed by atoms with van der Waals surface area (Å²) in [4.78, 5) is 34.0. The van der Waals surface area contributed by atoms with Crippen LogP contribution >= 0.6 is 0 Å². The van der Waals surface area contributed by atoms with Crippen LogP contribution in [0.3, 0.4) is 0 Å². The van der Waals surface area contributed by atoms with Gasteiger partial charge in [0.05, 0.1) is 37.9 Å². The minimum absolute atomic E-state index is 0.0452. The van der Waals surface area contributed by atoms with Gasteiger partial charge in [-0.25, -0.2) is 0 Å². The van der Waals surface area contributed by atoms with Crippen LogP contribution in [0.4, 0.5) is 0 Å². The smallest absolute Gasteiger partial charge is 0.258 e. The Labute approximate surface area is 169 Å². The number of aromatic nitrogens is 1. The molecule has 0 radical (unpaired) electrons. The Balaban J connectivity index is 1.46. The van der Waals surface area contributed by atoms with Crippen molar-refractivity contribution in [3.05, 3.63) is 59.4 Å². The molecule has 3 aliphatic heterocycles. The van der Waals surface area contributed by atoms with Crippen molar-refractivity contribution < 1.29 is 19.1 Å². The number of aryl methyl sites for hydroxylation is 1. The summed E-state index contributed by atoms with van der Waals surface area (Å²) in [5.74, 6) is 0.344. The Kier molecular flexibility index (Phi) is 4.10. The van der Waals surface area contributed by atoms with Gasteiger partial charge in [-0.05, 0) is 18.6 Å². The molecule has 3 atom stereocenters. The van der Waals surface area contributed by atoms with E-state index in [1.807, 2.05) is 42.2 Å². The number of amides is 2. The fourth-order valence-electron chi connectivity index (χ4n) is 4.94. The Morgan fingerprint density at radius 2 is 2.10 bits per heavy atom. The lowest BCUT2D eigenvalue weighted by atomic mass is 10.1. The molecule has 0 aliphatic carbocycles. The first-order valence-corrected chi connectivity index (χ1v) is 9.88. The van der Waals surface area contributed by atoms with E-state index in [9.17, 15) is 9.59 Å². The van der Waals surface area contributed by atoms with Crippen LogP contribution in [0.25, 0.3) is 0 Å². The highest BCUT2D eigenvalue weighted by molar-refractivity contribution is 5.98. The van der Waals surface area contributed by atoms with Gasteiger partial charge in [0.2, 0.25) is 5.91 Å². The van der Waals surface area contributed by atoms with Crippen molar-refractivity contribution in [2.75, 3.05) is 20.2 Å². The third kappa shape index (κ3) is 2.64. The minimum Gasteiger partial charge on any atom is -0.494 e. The van der Waals surface area contributed by atoms with Crippen molar-refractivity contribution in [3.8, 4) is 5.75 Å². The van der Waals surface area contributed by atoms with E-state index in [2.05, 4.69) is 4.98 Å². The van der Waals surface area contributed by atoms with Gasteiger partial charge in [0.15, 0.2) is 5.72 Å². The Morgan fingerprint density at radius 1 is 1.31 bits per heavy atom. The molecule has 0 saturated carbocycles. The van der Waals surface area contributed by atoms with Crippen LogP contribution in [0.5, 0.6) is 5.75 Å². The topological polar surface area (TPSA) is 72.0 Å². The SMILES string of the molecule is COc1cnc(C)cc1C(=O)N1CC[C@@]23O[C@@H](c4ccccc4)CN2C(=O)C[C@@H]13. The van der Waals surface area contributed by atoms with E-state index in [-0.39, 0.29) is 24.0 Å². The molecule has 2 aromatic rings. The molecular formula is C22H23N3O4. The first-order chi connectivity index (χ1) is 14.0. The number of carbonyl (C=O) groups is 2. The minimum atomic E-state index is -0.734. The van der Waals surface area contributed by atoms with E-state index in [0.717, 1.165) is 11.3 Å². The molecule has 7 nitrogen and oxygen atoms in total. The molecule has 1 spiro atoms. The third-order valence-electron chi connectivity index (χ3n) is 6.32. The van der Waals surface area contributed by atoms with Gasteiger partial charge in [-0.1, -0.05) is 30.3 Å². The van der Waals surface area contributed by atoms with Crippen molar-refractivity contribution in [3.63, 3.8) is 0 Å². The predicted molar refractivity (Wildman–Crippen MR) is 104 cm³/mol. The van der Waals surface area contributed by atoms with Gasteiger partial charge in [-0.15, -0.1) is 0 Å². The predicted octanol–water partition coefficient (Wildman–Crippen LogP) is 2.31. The number of carbonyl (C=O) groups excluding carboxylic acids is 2. The highest BCUT2D eigenvalue weighted by atomic mass is 16.5. The van der Waals surface area contributed by atoms with Gasteiger partial charge in [0, 0.05) is 18.7 Å². The van der Waals surface area contributed by atoms with E-state index >= 15 is 0 Å². The number of rotatable bonds is 3. The monoisotopic (exact) mass is 393 g/mol. The zero-order valence-corrected chi connectivity index (χ0v) is 16.5. The maximum atomic E-state index is 13.4. The molecule has 29 heavy (non-hydrogen) atoms. The standard InChI is InChI=1S/C22H23N3O4/c1-14-10-16(17(28-2)12-23-14)21(27)24-9-8-22-19(24)11-20(26)25(22)13-18(29-22)15-6-4-3-5-7-15/h3-7,10,12,18-19H,8-9,11,13H2,1-2H3/t18-,19-,22+/m1/s1. The van der Waals surface area contributed by atoms with E-state index in [4.69, 9.17) is 9.47 Å². The Bertz CT molecular complexity index is 979. The summed E-state index contributed by atoms with van der Waals surface area (Å²) in [6, 6.07) is 11.4. The van der Waals surface area contributed by atoms with Crippen molar-refractivity contribution >= 4 is 11.8 Å². The molecule has 4 heterocycles. The van der Waals surface area contributed by atoms with Crippen molar-refractivity contribution in [2.24, 2.45) is 0 Å². The van der Waals surface area contributed by atoms with Crippen LogP contribution in [-0.2, 0) is 9.53 Å². The van der Waals surface area contributed by atoms with Gasteiger partial charge in [-0.2, -0.15) is 0 Å². The number of hydrogen-bond acceptors (Lipinski definition) is 5. The van der Waals surface area contributed by atoms with Crippen LogP contribution in [0, 0.1) is 6.92 Å². The fraction of sp³-hybridized carbons (Fsp3) is 0.409. The Morgan fingerprint density at radius 3 is 2.86 bits per heavy atom. The average Bonchev–Trinajstić information content (AvgIpc) is 3.36. The molecule has 0 N–H and O–H groups in total. The van der Waals surface area contributed by atoms with Crippen LogP contribution in [0.2, 0.25) is 0 Å². The lowest BCUT2D eigenvalue weighted by molar-refractivity contribution is -0.138. The first kappa shape index (κ1) is 18.1.